The zero-order valence-corrected chi connectivity index (χ0v) is 11.2. The molecule has 3 rings (SSSR count). The summed E-state index contributed by atoms with van der Waals surface area (Å²) in [6.45, 7) is -0.0634. The fraction of sp³-hybridized carbons (Fsp3) is 0.467. The number of benzene rings is 1. The van der Waals surface area contributed by atoms with Crippen molar-refractivity contribution in [1.82, 2.24) is 10.6 Å². The van der Waals surface area contributed by atoms with Crippen molar-refractivity contribution in [3.05, 3.63) is 35.9 Å². The Bertz CT molecular complexity index is 499. The van der Waals surface area contributed by atoms with E-state index in [1.54, 1.807) is 0 Å². The monoisotopic (exact) mass is 274 g/mol. The minimum Gasteiger partial charge on any atom is -0.356 e. The average molecular weight is 274 g/mol. The molecule has 1 aliphatic heterocycles. The van der Waals surface area contributed by atoms with Gasteiger partial charge in [-0.3, -0.25) is 9.59 Å². The Kier molecular flexibility index (Phi) is 3.69. The lowest BCUT2D eigenvalue weighted by atomic mass is 9.92. The molecule has 5 nitrogen and oxygen atoms in total. The zero-order chi connectivity index (χ0) is 13.9. The van der Waals surface area contributed by atoms with Crippen LogP contribution in [-0.2, 0) is 14.3 Å². The number of carbonyl (C=O) groups is 2. The van der Waals surface area contributed by atoms with E-state index in [2.05, 4.69) is 10.6 Å². The Morgan fingerprint density at radius 2 is 2.00 bits per heavy atom. The van der Waals surface area contributed by atoms with E-state index in [4.69, 9.17) is 4.74 Å². The SMILES string of the molecule is O=C1CO[C@H](C(=O)NC2CCC2)[C@@H](c2ccccc2)N1. The molecule has 1 aromatic rings. The van der Waals surface area contributed by atoms with Crippen LogP contribution >= 0.6 is 0 Å². The summed E-state index contributed by atoms with van der Waals surface area (Å²) >= 11 is 0. The van der Waals surface area contributed by atoms with Crippen LogP contribution in [0.5, 0.6) is 0 Å². The predicted molar refractivity (Wildman–Crippen MR) is 72.8 cm³/mol. The molecule has 0 aromatic heterocycles. The van der Waals surface area contributed by atoms with Crippen molar-refractivity contribution in [3.63, 3.8) is 0 Å². The first-order valence-corrected chi connectivity index (χ1v) is 7.00. The molecular formula is C15H18N2O3. The molecule has 1 heterocycles. The molecular weight excluding hydrogens is 256 g/mol. The molecule has 1 aromatic carbocycles. The Morgan fingerprint density at radius 1 is 1.25 bits per heavy atom. The summed E-state index contributed by atoms with van der Waals surface area (Å²) < 4.78 is 5.46. The lowest BCUT2D eigenvalue weighted by molar-refractivity contribution is -0.148. The van der Waals surface area contributed by atoms with E-state index >= 15 is 0 Å². The molecule has 2 amide bonds. The fourth-order valence-corrected chi connectivity index (χ4v) is 2.53. The van der Waals surface area contributed by atoms with Crippen LogP contribution in [-0.4, -0.2) is 30.6 Å². The van der Waals surface area contributed by atoms with Crippen LogP contribution in [0.3, 0.4) is 0 Å². The third-order valence-corrected chi connectivity index (χ3v) is 3.88. The van der Waals surface area contributed by atoms with Gasteiger partial charge in [-0.15, -0.1) is 0 Å². The second kappa shape index (κ2) is 5.63. The molecule has 1 aliphatic carbocycles. The molecule has 1 saturated heterocycles. The van der Waals surface area contributed by atoms with Crippen LogP contribution in [0.2, 0.25) is 0 Å². The highest BCUT2D eigenvalue weighted by Gasteiger charge is 2.37. The van der Waals surface area contributed by atoms with Gasteiger partial charge >= 0.3 is 0 Å². The van der Waals surface area contributed by atoms with E-state index in [0.29, 0.717) is 0 Å². The number of amides is 2. The quantitative estimate of drug-likeness (QED) is 0.861. The van der Waals surface area contributed by atoms with Gasteiger partial charge in [0.05, 0.1) is 6.04 Å². The van der Waals surface area contributed by atoms with E-state index in [1.807, 2.05) is 30.3 Å². The molecule has 106 valence electrons. The Labute approximate surface area is 117 Å². The molecule has 2 N–H and O–H groups in total. The second-order valence-electron chi connectivity index (χ2n) is 5.32. The van der Waals surface area contributed by atoms with Crippen molar-refractivity contribution in [1.29, 1.82) is 0 Å². The summed E-state index contributed by atoms with van der Waals surface area (Å²) in [5.74, 6) is -0.324. The maximum absolute atomic E-state index is 12.3. The Morgan fingerprint density at radius 3 is 2.65 bits per heavy atom. The van der Waals surface area contributed by atoms with Gasteiger partial charge in [-0.1, -0.05) is 30.3 Å². The molecule has 5 heteroatoms. The predicted octanol–water partition coefficient (Wildman–Crippen LogP) is 0.911. The van der Waals surface area contributed by atoms with Crippen molar-refractivity contribution >= 4 is 11.8 Å². The smallest absolute Gasteiger partial charge is 0.251 e. The number of rotatable bonds is 3. The number of ether oxygens (including phenoxy) is 1. The lowest BCUT2D eigenvalue weighted by Crippen LogP contribution is -2.54. The molecule has 2 fully saturated rings. The van der Waals surface area contributed by atoms with Gasteiger partial charge < -0.3 is 15.4 Å². The summed E-state index contributed by atoms with van der Waals surface area (Å²) in [6, 6.07) is 9.30. The van der Waals surface area contributed by atoms with Crippen LogP contribution in [0.4, 0.5) is 0 Å². The summed E-state index contributed by atoms with van der Waals surface area (Å²) in [7, 11) is 0. The maximum atomic E-state index is 12.3. The van der Waals surface area contributed by atoms with Gasteiger partial charge in [0.25, 0.3) is 5.91 Å². The van der Waals surface area contributed by atoms with Crippen LogP contribution in [0.15, 0.2) is 30.3 Å². The molecule has 1 saturated carbocycles. The number of carbonyl (C=O) groups excluding carboxylic acids is 2. The van der Waals surface area contributed by atoms with Crippen molar-refractivity contribution in [2.75, 3.05) is 6.61 Å². The third-order valence-electron chi connectivity index (χ3n) is 3.88. The molecule has 2 atom stereocenters. The summed E-state index contributed by atoms with van der Waals surface area (Å²) in [6.07, 6.45) is 2.56. The summed E-state index contributed by atoms with van der Waals surface area (Å²) in [5.41, 5.74) is 0.884. The van der Waals surface area contributed by atoms with Crippen molar-refractivity contribution in [2.24, 2.45) is 0 Å². The highest BCUT2D eigenvalue weighted by molar-refractivity contribution is 5.86. The summed E-state index contributed by atoms with van der Waals surface area (Å²) in [4.78, 5) is 23.8. The molecule has 0 unspecified atom stereocenters. The molecule has 20 heavy (non-hydrogen) atoms. The van der Waals surface area contributed by atoms with Gasteiger partial charge in [0.2, 0.25) is 5.91 Å². The molecule has 2 aliphatic rings. The van der Waals surface area contributed by atoms with Crippen LogP contribution in [0, 0.1) is 0 Å². The van der Waals surface area contributed by atoms with Crippen LogP contribution in [0.1, 0.15) is 30.9 Å². The third kappa shape index (κ3) is 2.67. The van der Waals surface area contributed by atoms with E-state index < -0.39 is 12.1 Å². The Hall–Kier alpha value is -1.88. The van der Waals surface area contributed by atoms with E-state index in [1.165, 1.54) is 0 Å². The number of nitrogens with one attached hydrogen (secondary N) is 2. The molecule has 0 radical (unpaired) electrons. The van der Waals surface area contributed by atoms with Crippen LogP contribution < -0.4 is 10.6 Å². The summed E-state index contributed by atoms with van der Waals surface area (Å²) in [5, 5.41) is 5.83. The largest absolute Gasteiger partial charge is 0.356 e. The lowest BCUT2D eigenvalue weighted by Gasteiger charge is -2.34. The first-order valence-electron chi connectivity index (χ1n) is 7.00. The van der Waals surface area contributed by atoms with Gasteiger partial charge in [0.15, 0.2) is 6.10 Å². The van der Waals surface area contributed by atoms with Gasteiger partial charge in [-0.2, -0.15) is 0 Å². The van der Waals surface area contributed by atoms with Gasteiger partial charge in [-0.05, 0) is 24.8 Å². The number of morpholine rings is 1. The fourth-order valence-electron chi connectivity index (χ4n) is 2.53. The second-order valence-corrected chi connectivity index (χ2v) is 5.32. The van der Waals surface area contributed by atoms with Gasteiger partial charge in [0.1, 0.15) is 6.61 Å². The zero-order valence-electron chi connectivity index (χ0n) is 11.2. The van der Waals surface area contributed by atoms with Gasteiger partial charge in [-0.25, -0.2) is 0 Å². The normalized spacial score (nSPS) is 26.5. The highest BCUT2D eigenvalue weighted by atomic mass is 16.5. The number of hydrogen-bond donors (Lipinski definition) is 2. The minimum atomic E-state index is -0.657. The molecule has 0 spiro atoms. The molecule has 0 bridgehead atoms. The standard InChI is InChI=1S/C15H18N2O3/c18-12-9-20-14(15(19)16-11-7-4-8-11)13(17-12)10-5-2-1-3-6-10/h1-3,5-6,11,13-14H,4,7-9H2,(H,16,19)(H,17,18)/t13-,14+/m1/s1. The minimum absolute atomic E-state index is 0.0634. The first-order chi connectivity index (χ1) is 9.74. The van der Waals surface area contributed by atoms with Gasteiger partial charge in [0, 0.05) is 6.04 Å². The van der Waals surface area contributed by atoms with E-state index in [-0.39, 0.29) is 24.5 Å². The topological polar surface area (TPSA) is 67.4 Å². The highest BCUT2D eigenvalue weighted by Crippen LogP contribution is 2.24. The van der Waals surface area contributed by atoms with Crippen molar-refractivity contribution in [2.45, 2.75) is 37.5 Å². The van der Waals surface area contributed by atoms with E-state index in [0.717, 1.165) is 24.8 Å². The first kappa shape index (κ1) is 13.1. The average Bonchev–Trinajstić information content (AvgIpc) is 2.43. The Balaban J connectivity index is 1.75. The van der Waals surface area contributed by atoms with E-state index in [9.17, 15) is 9.59 Å². The van der Waals surface area contributed by atoms with Crippen molar-refractivity contribution < 1.29 is 14.3 Å². The number of hydrogen-bond acceptors (Lipinski definition) is 3. The van der Waals surface area contributed by atoms with Crippen LogP contribution in [0.25, 0.3) is 0 Å². The maximum Gasteiger partial charge on any atom is 0.251 e. The van der Waals surface area contributed by atoms with Crippen molar-refractivity contribution in [3.8, 4) is 0 Å².